The summed E-state index contributed by atoms with van der Waals surface area (Å²) in [6, 6.07) is 40.4. The molecule has 0 aliphatic heterocycles. The zero-order valence-corrected chi connectivity index (χ0v) is 25.9. The molecule has 3 heterocycles. The summed E-state index contributed by atoms with van der Waals surface area (Å²) in [5.74, 6) is 0.871. The van der Waals surface area contributed by atoms with Crippen molar-refractivity contribution in [2.75, 3.05) is 0 Å². The Bertz CT molecular complexity index is 2410. The van der Waals surface area contributed by atoms with Crippen LogP contribution in [0.5, 0.6) is 0 Å². The number of allylic oxidation sites excluding steroid dienone is 6. The maximum Gasteiger partial charge on any atom is 0.138 e. The summed E-state index contributed by atoms with van der Waals surface area (Å²) in [5, 5.41) is 5.64. The molecule has 0 saturated carbocycles. The first kappa shape index (κ1) is 28.1. The Balaban J connectivity index is 1.38. The lowest BCUT2D eigenvalue weighted by molar-refractivity contribution is 1.01. The molecule has 4 aromatic carbocycles. The average molecular weight is 582 g/mol. The van der Waals surface area contributed by atoms with Crippen molar-refractivity contribution in [3.63, 3.8) is 0 Å². The van der Waals surface area contributed by atoms with Crippen LogP contribution in [0.3, 0.4) is 0 Å². The Morgan fingerprint density at radius 3 is 2.20 bits per heavy atom. The average Bonchev–Trinajstić information content (AvgIpc) is 3.57. The Labute approximate surface area is 263 Å². The number of rotatable bonds is 6. The Hall–Kier alpha value is -5.67. The molecule has 7 aromatic rings. The largest absolute Gasteiger partial charge is 0.313 e. The molecule has 0 saturated heterocycles. The van der Waals surface area contributed by atoms with E-state index in [1.165, 1.54) is 38.6 Å². The summed E-state index contributed by atoms with van der Waals surface area (Å²) in [4.78, 5) is 5.10. The van der Waals surface area contributed by atoms with Gasteiger partial charge in [-0.2, -0.15) is 0 Å². The predicted molar refractivity (Wildman–Crippen MR) is 194 cm³/mol. The minimum Gasteiger partial charge on any atom is -0.313 e. The quantitative estimate of drug-likeness (QED) is 0.179. The number of hydrogen-bond donors (Lipinski definition) is 0. The number of hydrogen-bond acceptors (Lipinski definition) is 1. The molecule has 0 aliphatic rings. The molecule has 0 aliphatic carbocycles. The van der Waals surface area contributed by atoms with Gasteiger partial charge in [-0.3, -0.25) is 4.57 Å². The van der Waals surface area contributed by atoms with Crippen LogP contribution in [0.4, 0.5) is 0 Å². The summed E-state index contributed by atoms with van der Waals surface area (Å²) in [6.07, 6.45) is 10.7. The van der Waals surface area contributed by atoms with Crippen molar-refractivity contribution in [2.24, 2.45) is 0 Å². The van der Waals surface area contributed by atoms with Crippen LogP contribution in [0.15, 0.2) is 140 Å². The van der Waals surface area contributed by atoms with E-state index in [0.717, 1.165) is 38.5 Å². The molecular formula is C42H35N3. The maximum absolute atomic E-state index is 5.10. The highest BCUT2D eigenvalue weighted by Crippen LogP contribution is 2.33. The normalized spacial score (nSPS) is 13.2. The Kier molecular flexibility index (Phi) is 7.36. The first-order chi connectivity index (χ1) is 22.0. The van der Waals surface area contributed by atoms with Crippen LogP contribution in [0.2, 0.25) is 0 Å². The monoisotopic (exact) mass is 581 g/mol. The van der Waals surface area contributed by atoms with Gasteiger partial charge in [0, 0.05) is 32.6 Å². The summed E-state index contributed by atoms with van der Waals surface area (Å²) < 4.78 is 4.58. The molecule has 3 aromatic heterocycles. The maximum atomic E-state index is 5.10. The van der Waals surface area contributed by atoms with E-state index >= 15 is 0 Å². The fourth-order valence-electron chi connectivity index (χ4n) is 6.27. The van der Waals surface area contributed by atoms with Gasteiger partial charge in [-0.15, -0.1) is 0 Å². The second-order valence-corrected chi connectivity index (χ2v) is 11.4. The van der Waals surface area contributed by atoms with Gasteiger partial charge in [-0.25, -0.2) is 4.98 Å². The van der Waals surface area contributed by atoms with Crippen molar-refractivity contribution in [2.45, 2.75) is 20.8 Å². The topological polar surface area (TPSA) is 22.8 Å². The third kappa shape index (κ3) is 5.03. The Morgan fingerprint density at radius 2 is 1.40 bits per heavy atom. The summed E-state index contributed by atoms with van der Waals surface area (Å²) in [7, 11) is 0. The first-order valence-electron chi connectivity index (χ1n) is 15.4. The van der Waals surface area contributed by atoms with Crippen LogP contribution in [-0.4, -0.2) is 14.1 Å². The van der Waals surface area contributed by atoms with Crippen LogP contribution >= 0.6 is 0 Å². The lowest BCUT2D eigenvalue weighted by Gasteiger charge is -2.09. The summed E-state index contributed by atoms with van der Waals surface area (Å²) >= 11 is 0. The molecule has 0 spiro atoms. The van der Waals surface area contributed by atoms with Gasteiger partial charge in [0.05, 0.1) is 27.6 Å². The number of nitrogens with zero attached hydrogens (tertiary/aromatic N) is 3. The van der Waals surface area contributed by atoms with E-state index in [9.17, 15) is 0 Å². The molecule has 218 valence electrons. The molecule has 0 bridgehead atoms. The fraction of sp³-hybridized carbons (Fsp3) is 0.0714. The standard InChI is InChI=1S/C42H35N3/c1-5-6-15-30(3)44-40-22-13-11-19-35(40)36-28-33(25-27-41(36)44)29(2)24-26-38-31(4)34-18-10-12-21-39(34)45(38)42-23-14-20-37(43-42)32-16-8-7-9-17-32/h5-28H,4H2,1-3H3. The highest BCUT2D eigenvalue weighted by molar-refractivity contribution is 6.10. The molecule has 3 heteroatoms. The minimum atomic E-state index is 0.871. The van der Waals surface area contributed by atoms with Crippen LogP contribution in [0, 0.1) is 0 Å². The number of aromatic nitrogens is 3. The molecule has 3 nitrogen and oxygen atoms in total. The van der Waals surface area contributed by atoms with Gasteiger partial charge in [0.15, 0.2) is 0 Å². The van der Waals surface area contributed by atoms with Crippen LogP contribution in [0.1, 0.15) is 26.3 Å². The van der Waals surface area contributed by atoms with Crippen molar-refractivity contribution in [1.29, 1.82) is 0 Å². The number of para-hydroxylation sites is 2. The minimum absolute atomic E-state index is 0.871. The highest BCUT2D eigenvalue weighted by atomic mass is 15.1. The van der Waals surface area contributed by atoms with Gasteiger partial charge < -0.3 is 4.57 Å². The van der Waals surface area contributed by atoms with Crippen molar-refractivity contribution in [3.8, 4) is 17.1 Å². The molecule has 0 unspecified atom stereocenters. The van der Waals surface area contributed by atoms with E-state index in [1.54, 1.807) is 0 Å². The highest BCUT2D eigenvalue weighted by Gasteiger charge is 2.13. The van der Waals surface area contributed by atoms with E-state index in [4.69, 9.17) is 4.98 Å². The van der Waals surface area contributed by atoms with E-state index in [0.29, 0.717) is 0 Å². The molecule has 0 amide bonds. The molecule has 0 radical (unpaired) electrons. The second kappa shape index (κ2) is 11.8. The lowest BCUT2D eigenvalue weighted by Crippen LogP contribution is -2.27. The molecular weight excluding hydrogens is 546 g/mol. The molecule has 45 heavy (non-hydrogen) atoms. The van der Waals surface area contributed by atoms with Crippen molar-refractivity contribution >= 4 is 56.6 Å². The van der Waals surface area contributed by atoms with Crippen molar-refractivity contribution in [1.82, 2.24) is 14.1 Å². The van der Waals surface area contributed by atoms with Gasteiger partial charge >= 0.3 is 0 Å². The van der Waals surface area contributed by atoms with Gasteiger partial charge in [0.25, 0.3) is 0 Å². The smallest absolute Gasteiger partial charge is 0.138 e. The summed E-state index contributed by atoms with van der Waals surface area (Å²) in [5.41, 5.74) is 9.11. The molecule has 0 atom stereocenters. The zero-order valence-electron chi connectivity index (χ0n) is 25.9. The van der Waals surface area contributed by atoms with Crippen LogP contribution in [0.25, 0.3) is 73.7 Å². The Morgan fingerprint density at radius 1 is 0.689 bits per heavy atom. The van der Waals surface area contributed by atoms with Crippen molar-refractivity contribution in [3.05, 3.63) is 156 Å². The van der Waals surface area contributed by atoms with E-state index < -0.39 is 0 Å². The first-order valence-corrected chi connectivity index (χ1v) is 15.4. The van der Waals surface area contributed by atoms with E-state index in [1.807, 2.05) is 25.1 Å². The second-order valence-electron chi connectivity index (χ2n) is 11.4. The molecule has 7 rings (SSSR count). The lowest BCUT2D eigenvalue weighted by atomic mass is 10.0. The third-order valence-corrected chi connectivity index (χ3v) is 8.55. The van der Waals surface area contributed by atoms with Gasteiger partial charge in [0.2, 0.25) is 0 Å². The van der Waals surface area contributed by atoms with E-state index in [-0.39, 0.29) is 0 Å². The predicted octanol–water partition coefficient (Wildman–Crippen LogP) is 9.53. The SMILES string of the molecule is C=c1c(=CC=C(C)c2ccc3c(c2)c2ccccc2n3C(C)=CC=CC)n(-c2cccc(-c3ccccc3)n2)c2ccccc12. The van der Waals surface area contributed by atoms with Crippen LogP contribution in [-0.2, 0) is 0 Å². The molecule has 0 N–H and O–H groups in total. The van der Waals surface area contributed by atoms with E-state index in [2.05, 4.69) is 157 Å². The summed E-state index contributed by atoms with van der Waals surface area (Å²) in [6.45, 7) is 10.9. The fourth-order valence-corrected chi connectivity index (χ4v) is 6.27. The third-order valence-electron chi connectivity index (χ3n) is 8.55. The number of pyridine rings is 1. The van der Waals surface area contributed by atoms with Gasteiger partial charge in [-0.1, -0.05) is 104 Å². The van der Waals surface area contributed by atoms with Crippen molar-refractivity contribution < 1.29 is 0 Å². The zero-order chi connectivity index (χ0) is 30.9. The van der Waals surface area contributed by atoms with Gasteiger partial charge in [-0.05, 0) is 80.5 Å². The van der Waals surface area contributed by atoms with Crippen LogP contribution < -0.4 is 10.6 Å². The number of benzene rings is 4. The molecule has 0 fully saturated rings. The van der Waals surface area contributed by atoms with Gasteiger partial charge in [0.1, 0.15) is 5.82 Å². The number of fused-ring (bicyclic) bond motifs is 4.